The first-order valence-electron chi connectivity index (χ1n) is 2.57. The molecule has 50 valence electrons. The Hall–Kier alpha value is -1.08. The molecule has 0 fully saturated rings. The highest BCUT2D eigenvalue weighted by molar-refractivity contribution is 9.10. The molecule has 0 unspecified atom stereocenters. The van der Waals surface area contributed by atoms with Gasteiger partial charge in [0, 0.05) is 12.1 Å². The minimum atomic E-state index is 0.138. The van der Waals surface area contributed by atoms with E-state index in [2.05, 4.69) is 20.9 Å². The number of halogens is 1. The van der Waals surface area contributed by atoms with Crippen molar-refractivity contribution in [1.82, 2.24) is 0 Å². The Morgan fingerprint density at radius 2 is 2.20 bits per heavy atom. The maximum absolute atomic E-state index is 8.88. The molecule has 1 aromatic rings. The van der Waals surface area contributed by atoms with E-state index in [1.165, 1.54) is 18.2 Å². The second-order valence-corrected chi connectivity index (χ2v) is 2.59. The number of hydrogen-bond donors (Lipinski definition) is 1. The summed E-state index contributed by atoms with van der Waals surface area (Å²) < 4.78 is 0.565. The molecule has 0 saturated carbocycles. The molecule has 0 aliphatic rings. The Kier molecular flexibility index (Phi) is 1.88. The average molecular weight is 200 g/mol. The zero-order valence-corrected chi connectivity index (χ0v) is 6.54. The Morgan fingerprint density at radius 1 is 1.50 bits per heavy atom. The summed E-state index contributed by atoms with van der Waals surface area (Å²) in [5.74, 6) is 0.138. The fourth-order valence-corrected chi connectivity index (χ4v) is 1.02. The van der Waals surface area contributed by atoms with Gasteiger partial charge in [0.25, 0.3) is 0 Å². The molecule has 0 aliphatic heterocycles. The van der Waals surface area contributed by atoms with Gasteiger partial charge in [-0.05, 0) is 22.0 Å². The van der Waals surface area contributed by atoms with Crippen molar-refractivity contribution >= 4 is 21.6 Å². The molecule has 0 heterocycles. The van der Waals surface area contributed by atoms with Crippen LogP contribution in [0.15, 0.2) is 22.7 Å². The fraction of sp³-hybridized carbons (Fsp3) is 0. The molecule has 1 N–H and O–H groups in total. The number of benzene rings is 1. The van der Waals surface area contributed by atoms with Gasteiger partial charge in [-0.3, -0.25) is 0 Å². The highest BCUT2D eigenvalue weighted by Gasteiger charge is 2.09. The summed E-state index contributed by atoms with van der Waals surface area (Å²) in [6, 6.07) is 4.40. The van der Waals surface area contributed by atoms with Crippen molar-refractivity contribution in [2.24, 2.45) is 0 Å². The van der Waals surface area contributed by atoms with E-state index < -0.39 is 0 Å². The van der Waals surface area contributed by atoms with Gasteiger partial charge in [-0.2, -0.15) is 0 Å². The van der Waals surface area contributed by atoms with Gasteiger partial charge in [-0.1, -0.05) is 0 Å². The lowest BCUT2D eigenvalue weighted by molar-refractivity contribution is 0.475. The molecule has 0 spiro atoms. The Morgan fingerprint density at radius 3 is 2.70 bits per heavy atom. The number of rotatable bonds is 0. The van der Waals surface area contributed by atoms with E-state index in [0.717, 1.165) is 0 Å². The van der Waals surface area contributed by atoms with Gasteiger partial charge in [0.1, 0.15) is 10.2 Å². The van der Waals surface area contributed by atoms with E-state index in [0.29, 0.717) is 10.2 Å². The molecule has 1 aromatic carbocycles. The van der Waals surface area contributed by atoms with Gasteiger partial charge in [0.2, 0.25) is 5.39 Å². The van der Waals surface area contributed by atoms with E-state index in [4.69, 9.17) is 10.5 Å². The van der Waals surface area contributed by atoms with E-state index in [1.807, 2.05) is 0 Å². The first-order valence-corrected chi connectivity index (χ1v) is 3.37. The van der Waals surface area contributed by atoms with Gasteiger partial charge in [0.15, 0.2) is 4.98 Å². The third-order valence-corrected chi connectivity index (χ3v) is 1.67. The SMILES string of the molecule is N#[N+]c1ccc(O)cc1Br. The summed E-state index contributed by atoms with van der Waals surface area (Å²) in [6.07, 6.45) is 0. The van der Waals surface area contributed by atoms with E-state index in [9.17, 15) is 0 Å². The second-order valence-electron chi connectivity index (χ2n) is 1.74. The van der Waals surface area contributed by atoms with Gasteiger partial charge >= 0.3 is 5.69 Å². The maximum Gasteiger partial charge on any atom is 0.399 e. The van der Waals surface area contributed by atoms with Gasteiger partial charge in [0.05, 0.1) is 0 Å². The van der Waals surface area contributed by atoms with E-state index >= 15 is 0 Å². The highest BCUT2D eigenvalue weighted by atomic mass is 79.9. The number of hydrogen-bond acceptors (Lipinski definition) is 2. The first-order chi connectivity index (χ1) is 4.74. The number of aromatic hydroxyl groups is 1. The highest BCUT2D eigenvalue weighted by Crippen LogP contribution is 2.28. The molecule has 0 saturated heterocycles. The van der Waals surface area contributed by atoms with Crippen LogP contribution in [-0.2, 0) is 0 Å². The third kappa shape index (κ3) is 1.25. The Balaban J connectivity index is 3.23. The number of nitrogens with zero attached hydrogens (tertiary/aromatic N) is 2. The quantitative estimate of drug-likeness (QED) is 0.654. The molecule has 4 heteroatoms. The zero-order chi connectivity index (χ0) is 7.56. The maximum atomic E-state index is 8.88. The molecular weight excluding hydrogens is 196 g/mol. The summed E-state index contributed by atoms with van der Waals surface area (Å²) in [6.45, 7) is 0. The topological polar surface area (TPSA) is 48.4 Å². The predicted molar refractivity (Wildman–Crippen MR) is 40.6 cm³/mol. The van der Waals surface area contributed by atoms with Crippen molar-refractivity contribution in [3.05, 3.63) is 27.6 Å². The molecule has 0 aromatic heterocycles. The second kappa shape index (κ2) is 2.67. The van der Waals surface area contributed by atoms with Crippen LogP contribution in [0.3, 0.4) is 0 Å². The van der Waals surface area contributed by atoms with Crippen LogP contribution < -0.4 is 0 Å². The molecule has 0 bridgehead atoms. The summed E-state index contributed by atoms with van der Waals surface area (Å²) in [5, 5.41) is 17.2. The third-order valence-electron chi connectivity index (χ3n) is 1.04. The van der Waals surface area contributed by atoms with Crippen molar-refractivity contribution in [2.75, 3.05) is 0 Å². The lowest BCUT2D eigenvalue weighted by atomic mass is 10.3. The summed E-state index contributed by atoms with van der Waals surface area (Å²) in [7, 11) is 0. The van der Waals surface area contributed by atoms with Gasteiger partial charge in [-0.15, -0.1) is 0 Å². The molecule has 0 radical (unpaired) electrons. The number of phenolic OH excluding ortho intramolecular Hbond substituents is 1. The summed E-state index contributed by atoms with van der Waals surface area (Å²) >= 11 is 3.09. The monoisotopic (exact) mass is 199 g/mol. The minimum Gasteiger partial charge on any atom is -0.508 e. The van der Waals surface area contributed by atoms with E-state index in [1.54, 1.807) is 0 Å². The average Bonchev–Trinajstić information content (AvgIpc) is 1.88. The zero-order valence-electron chi connectivity index (χ0n) is 4.95. The van der Waals surface area contributed by atoms with Crippen molar-refractivity contribution < 1.29 is 5.11 Å². The van der Waals surface area contributed by atoms with Crippen molar-refractivity contribution in [1.29, 1.82) is 5.39 Å². The lowest BCUT2D eigenvalue weighted by Crippen LogP contribution is -1.65. The van der Waals surface area contributed by atoms with Crippen LogP contribution in [0, 0.1) is 5.39 Å². The summed E-state index contributed by atoms with van der Waals surface area (Å²) in [4.78, 5) is 2.95. The van der Waals surface area contributed by atoms with Gasteiger partial charge in [-0.25, -0.2) is 0 Å². The van der Waals surface area contributed by atoms with Gasteiger partial charge < -0.3 is 5.11 Å². The molecule has 0 aliphatic carbocycles. The summed E-state index contributed by atoms with van der Waals surface area (Å²) in [5.41, 5.74) is 0.401. The Bertz CT molecular complexity index is 292. The largest absolute Gasteiger partial charge is 0.508 e. The van der Waals surface area contributed by atoms with Crippen molar-refractivity contribution in [3.63, 3.8) is 0 Å². The van der Waals surface area contributed by atoms with Crippen LogP contribution in [0.25, 0.3) is 4.98 Å². The molecule has 1 rings (SSSR count). The van der Waals surface area contributed by atoms with Crippen LogP contribution in [0.5, 0.6) is 5.75 Å². The van der Waals surface area contributed by atoms with E-state index in [-0.39, 0.29) is 5.75 Å². The first kappa shape index (κ1) is 7.03. The van der Waals surface area contributed by atoms with Crippen molar-refractivity contribution in [3.8, 4) is 5.75 Å². The standard InChI is InChI=1S/C6H3BrN2O/c7-5-3-4(10)1-2-6(5)9-8/h1-3H/p+1. The van der Waals surface area contributed by atoms with Crippen LogP contribution in [0.1, 0.15) is 0 Å². The lowest BCUT2D eigenvalue weighted by Gasteiger charge is -1.86. The molecule has 10 heavy (non-hydrogen) atoms. The number of phenols is 1. The molecular formula is C6H4BrN2O+. The number of diazo groups is 1. The fourth-order valence-electron chi connectivity index (χ4n) is 0.577. The molecule has 3 nitrogen and oxygen atoms in total. The van der Waals surface area contributed by atoms with Crippen molar-refractivity contribution in [2.45, 2.75) is 0 Å². The normalized spacial score (nSPS) is 8.80. The molecule has 0 amide bonds. The Labute approximate surface area is 66.1 Å². The van der Waals surface area contributed by atoms with Crippen LogP contribution in [-0.4, -0.2) is 5.11 Å². The van der Waals surface area contributed by atoms with Crippen LogP contribution in [0.2, 0.25) is 0 Å². The molecule has 0 atom stereocenters. The minimum absolute atomic E-state index is 0.138. The predicted octanol–water partition coefficient (Wildman–Crippen LogP) is 2.64. The smallest absolute Gasteiger partial charge is 0.399 e. The van der Waals surface area contributed by atoms with Crippen LogP contribution >= 0.6 is 15.9 Å². The van der Waals surface area contributed by atoms with Crippen LogP contribution in [0.4, 0.5) is 5.69 Å².